The highest BCUT2D eigenvalue weighted by Gasteiger charge is 2.26. The second-order valence-electron chi connectivity index (χ2n) is 10.8. The Balaban J connectivity index is 1.36. The maximum atomic E-state index is 12.8. The van der Waals surface area contributed by atoms with Crippen molar-refractivity contribution in [1.82, 2.24) is 10.6 Å². The quantitative estimate of drug-likeness (QED) is 0.307. The molecule has 0 saturated carbocycles. The van der Waals surface area contributed by atoms with Crippen LogP contribution >= 0.6 is 0 Å². The molecule has 1 aromatic heterocycles. The largest absolute Gasteiger partial charge is 0.456 e. The second kappa shape index (κ2) is 11.2. The van der Waals surface area contributed by atoms with Crippen LogP contribution in [0.25, 0.3) is 28.0 Å². The number of rotatable bonds is 8. The van der Waals surface area contributed by atoms with Gasteiger partial charge in [0.15, 0.2) is 5.78 Å². The summed E-state index contributed by atoms with van der Waals surface area (Å²) in [5, 5.41) is 8.99. The Bertz CT molecular complexity index is 1520. The number of benzene rings is 2. The highest BCUT2D eigenvalue weighted by Crippen LogP contribution is 2.34. The number of ketones is 1. The highest BCUT2D eigenvalue weighted by molar-refractivity contribution is 6.11. The van der Waals surface area contributed by atoms with Crippen molar-refractivity contribution in [2.24, 2.45) is 10.9 Å². The number of amidine groups is 1. The molecule has 39 heavy (non-hydrogen) atoms. The van der Waals surface area contributed by atoms with Crippen LogP contribution in [0.2, 0.25) is 0 Å². The third-order valence-electron chi connectivity index (χ3n) is 8.10. The van der Waals surface area contributed by atoms with Crippen LogP contribution in [0.4, 0.5) is 0 Å². The van der Waals surface area contributed by atoms with Crippen LogP contribution in [0.1, 0.15) is 75.5 Å². The summed E-state index contributed by atoms with van der Waals surface area (Å²) < 4.78 is 12.5. The van der Waals surface area contributed by atoms with Crippen molar-refractivity contribution in [2.75, 3.05) is 6.61 Å². The molecule has 3 aromatic rings. The minimum absolute atomic E-state index is 0.0285. The number of furan rings is 1. The summed E-state index contributed by atoms with van der Waals surface area (Å²) in [5.74, 6) is 1.91. The van der Waals surface area contributed by atoms with Crippen LogP contribution in [-0.4, -0.2) is 24.6 Å². The van der Waals surface area contributed by atoms with Crippen LogP contribution in [0.5, 0.6) is 0 Å². The van der Waals surface area contributed by atoms with Gasteiger partial charge in [-0.15, -0.1) is 0 Å². The first-order valence-electron chi connectivity index (χ1n) is 14.5. The summed E-state index contributed by atoms with van der Waals surface area (Å²) in [6.45, 7) is 5.07. The molecule has 0 fully saturated rings. The van der Waals surface area contributed by atoms with Crippen molar-refractivity contribution < 1.29 is 13.9 Å². The summed E-state index contributed by atoms with van der Waals surface area (Å²) in [6.07, 6.45) is 15.7. The van der Waals surface area contributed by atoms with Gasteiger partial charge in [0, 0.05) is 21.9 Å². The minimum Gasteiger partial charge on any atom is -0.456 e. The fourth-order valence-electron chi connectivity index (χ4n) is 5.71. The van der Waals surface area contributed by atoms with Crippen molar-refractivity contribution in [1.29, 1.82) is 0 Å². The molecule has 2 unspecified atom stereocenters. The van der Waals surface area contributed by atoms with Gasteiger partial charge in [-0.1, -0.05) is 51.3 Å². The molecule has 0 spiro atoms. The van der Waals surface area contributed by atoms with Crippen molar-refractivity contribution >= 4 is 39.6 Å². The fraction of sp³-hybridized carbons (Fsp3) is 0.394. The Hall–Kier alpha value is -3.64. The van der Waals surface area contributed by atoms with Crippen LogP contribution in [0.3, 0.4) is 0 Å². The van der Waals surface area contributed by atoms with E-state index in [1.807, 2.05) is 18.2 Å². The molecule has 3 aliphatic rings. The van der Waals surface area contributed by atoms with Crippen molar-refractivity contribution in [2.45, 2.75) is 71.6 Å². The number of hydrogen-bond acceptors (Lipinski definition) is 6. The summed E-state index contributed by atoms with van der Waals surface area (Å²) in [4.78, 5) is 17.7. The van der Waals surface area contributed by atoms with Gasteiger partial charge in [-0.2, -0.15) is 0 Å². The van der Waals surface area contributed by atoms with Crippen LogP contribution in [-0.2, 0) is 16.0 Å². The Morgan fingerprint density at radius 3 is 2.74 bits per heavy atom. The lowest BCUT2D eigenvalue weighted by molar-refractivity contribution is -0.111. The predicted molar refractivity (Wildman–Crippen MR) is 157 cm³/mol. The molecule has 2 N–H and O–H groups in total. The molecule has 0 saturated heterocycles. The van der Waals surface area contributed by atoms with E-state index in [0.717, 1.165) is 65.2 Å². The van der Waals surface area contributed by atoms with E-state index >= 15 is 0 Å². The van der Waals surface area contributed by atoms with Crippen LogP contribution in [0.15, 0.2) is 69.4 Å². The van der Waals surface area contributed by atoms with E-state index in [4.69, 9.17) is 14.1 Å². The van der Waals surface area contributed by atoms with E-state index < -0.39 is 6.35 Å². The van der Waals surface area contributed by atoms with Crippen molar-refractivity contribution in [3.8, 4) is 0 Å². The lowest BCUT2D eigenvalue weighted by Crippen LogP contribution is -2.46. The first-order chi connectivity index (χ1) is 19.1. The number of carbonyl (C=O) groups excluding carboxylic acids is 1. The molecule has 2 aromatic carbocycles. The number of aliphatic imine (C=N–C) groups is 1. The number of hydrogen-bond donors (Lipinski definition) is 2. The molecular formula is C33H37N3O3. The Morgan fingerprint density at radius 1 is 1.05 bits per heavy atom. The standard InChI is InChI=1S/C33H37N3O3/c1-3-5-10-21(4-2)20-38-33-35-31(34-32(36-33)25-13-8-9-14-28(25)37)24-15-16-29-26(18-24)27-17-22-11-6-7-12-23(22)19-30(27)39-29/h7,9,12,14-19,21,33,36H,3-6,8,10-11,13,20H2,1-2H3,(H,34,35). The Labute approximate surface area is 229 Å². The molecule has 202 valence electrons. The maximum absolute atomic E-state index is 12.8. The van der Waals surface area contributed by atoms with Crippen LogP contribution in [0, 0.1) is 5.92 Å². The predicted octanol–water partition coefficient (Wildman–Crippen LogP) is 7.13. The lowest BCUT2D eigenvalue weighted by Gasteiger charge is -2.30. The molecule has 2 heterocycles. The van der Waals surface area contributed by atoms with E-state index in [2.05, 4.69) is 54.8 Å². The van der Waals surface area contributed by atoms with Gasteiger partial charge < -0.3 is 19.8 Å². The molecule has 6 rings (SSSR count). The molecule has 0 radical (unpaired) electrons. The van der Waals surface area contributed by atoms with Gasteiger partial charge in [0.2, 0.25) is 6.35 Å². The molecule has 0 amide bonds. The summed E-state index contributed by atoms with van der Waals surface area (Å²) in [6, 6.07) is 10.6. The SMILES string of the molecule is CCCCC(CC)COC1N=C(c2ccc3oc4cc5c(cc4c3c2)CCC=C5)NC(=C2CCC=CC2=O)N1. The van der Waals surface area contributed by atoms with Gasteiger partial charge in [0.25, 0.3) is 0 Å². The first kappa shape index (κ1) is 25.6. The lowest BCUT2D eigenvalue weighted by atomic mass is 9.95. The molecule has 1 aliphatic heterocycles. The average Bonchev–Trinajstić information content (AvgIpc) is 3.32. The van der Waals surface area contributed by atoms with Gasteiger partial charge >= 0.3 is 0 Å². The first-order valence-corrected chi connectivity index (χ1v) is 14.5. The number of ether oxygens (including phenoxy) is 1. The number of nitrogens with zero attached hydrogens (tertiary/aromatic N) is 1. The molecule has 0 bridgehead atoms. The number of allylic oxidation sites excluding steroid dienone is 4. The smallest absolute Gasteiger partial charge is 0.228 e. The molecular weight excluding hydrogens is 486 g/mol. The maximum Gasteiger partial charge on any atom is 0.228 e. The van der Waals surface area contributed by atoms with E-state index in [-0.39, 0.29) is 5.78 Å². The molecule has 6 heteroatoms. The van der Waals surface area contributed by atoms with Crippen molar-refractivity contribution in [3.05, 3.63) is 76.6 Å². The van der Waals surface area contributed by atoms with Gasteiger partial charge in [-0.3, -0.25) is 4.79 Å². The summed E-state index contributed by atoms with van der Waals surface area (Å²) in [7, 11) is 0. The van der Waals surface area contributed by atoms with Gasteiger partial charge in [-0.05, 0) is 85.6 Å². The molecule has 2 aliphatic carbocycles. The van der Waals surface area contributed by atoms with Gasteiger partial charge in [-0.25, -0.2) is 4.99 Å². The van der Waals surface area contributed by atoms with E-state index in [0.29, 0.717) is 30.6 Å². The average molecular weight is 524 g/mol. The number of carbonyl (C=O) groups is 1. The monoisotopic (exact) mass is 523 g/mol. The van der Waals surface area contributed by atoms with E-state index in [1.165, 1.54) is 24.0 Å². The fourth-order valence-corrected chi connectivity index (χ4v) is 5.71. The van der Waals surface area contributed by atoms with Gasteiger partial charge in [0.1, 0.15) is 22.8 Å². The third kappa shape index (κ3) is 5.30. The second-order valence-corrected chi connectivity index (χ2v) is 10.8. The molecule has 6 nitrogen and oxygen atoms in total. The normalized spacial score (nSPS) is 21.5. The zero-order chi connectivity index (χ0) is 26.8. The topological polar surface area (TPSA) is 75.9 Å². The summed E-state index contributed by atoms with van der Waals surface area (Å²) >= 11 is 0. The Morgan fingerprint density at radius 2 is 1.90 bits per heavy atom. The number of fused-ring (bicyclic) bond motifs is 4. The summed E-state index contributed by atoms with van der Waals surface area (Å²) in [5.41, 5.74) is 6.03. The Kier molecular flexibility index (Phi) is 7.38. The van der Waals surface area contributed by atoms with Crippen molar-refractivity contribution in [3.63, 3.8) is 0 Å². The number of unbranched alkanes of at least 4 members (excludes halogenated alkanes) is 1. The zero-order valence-electron chi connectivity index (χ0n) is 22.9. The van der Waals surface area contributed by atoms with Crippen LogP contribution < -0.4 is 10.6 Å². The number of nitrogens with one attached hydrogen (secondary N) is 2. The third-order valence-corrected chi connectivity index (χ3v) is 8.10. The van der Waals surface area contributed by atoms with E-state index in [1.54, 1.807) is 6.08 Å². The number of aryl methyl sites for hydroxylation is 1. The van der Waals surface area contributed by atoms with E-state index in [9.17, 15) is 4.79 Å². The van der Waals surface area contributed by atoms with Gasteiger partial charge in [0.05, 0.1) is 6.61 Å². The highest BCUT2D eigenvalue weighted by atomic mass is 16.5. The minimum atomic E-state index is -0.561. The molecule has 2 atom stereocenters. The zero-order valence-corrected chi connectivity index (χ0v) is 22.9.